The lowest BCUT2D eigenvalue weighted by Crippen LogP contribution is -2.44. The van der Waals surface area contributed by atoms with E-state index in [1.165, 1.54) is 0 Å². The third-order valence-corrected chi connectivity index (χ3v) is 3.76. The first-order valence-corrected chi connectivity index (χ1v) is 7.09. The Morgan fingerprint density at radius 3 is 2.53 bits per heavy atom. The highest BCUT2D eigenvalue weighted by atomic mass is 16.4. The molecule has 1 aliphatic rings. The molecule has 0 aromatic rings. The van der Waals surface area contributed by atoms with Gasteiger partial charge in [-0.25, -0.2) is 0 Å². The molecule has 19 heavy (non-hydrogen) atoms. The molecule has 1 amide bonds. The van der Waals surface area contributed by atoms with Gasteiger partial charge in [0.05, 0.1) is 5.92 Å². The second-order valence-corrected chi connectivity index (χ2v) is 5.76. The highest BCUT2D eigenvalue weighted by molar-refractivity contribution is 5.80. The lowest BCUT2D eigenvalue weighted by Gasteiger charge is -2.24. The number of hydrogen-bond donors (Lipinski definition) is 2. The summed E-state index contributed by atoms with van der Waals surface area (Å²) in [5.74, 6) is -1.43. The fraction of sp³-hybridized carbons (Fsp3) is 0.733. The van der Waals surface area contributed by atoms with E-state index >= 15 is 0 Å². The first-order chi connectivity index (χ1) is 8.91. The van der Waals surface area contributed by atoms with Gasteiger partial charge in [-0.1, -0.05) is 31.8 Å². The number of carboxylic acid groups (broad SMARTS) is 1. The molecule has 0 aromatic carbocycles. The Morgan fingerprint density at radius 1 is 1.32 bits per heavy atom. The van der Waals surface area contributed by atoms with E-state index in [-0.39, 0.29) is 17.9 Å². The van der Waals surface area contributed by atoms with Crippen molar-refractivity contribution >= 4 is 11.9 Å². The number of carbonyl (C=O) groups excluding carboxylic acids is 1. The average Bonchev–Trinajstić information content (AvgIpc) is 2.53. The summed E-state index contributed by atoms with van der Waals surface area (Å²) in [5, 5.41) is 12.2. The zero-order chi connectivity index (χ0) is 14.4. The van der Waals surface area contributed by atoms with Crippen molar-refractivity contribution in [1.82, 2.24) is 5.32 Å². The molecule has 1 unspecified atom stereocenters. The zero-order valence-electron chi connectivity index (χ0n) is 11.9. The molecule has 3 atom stereocenters. The number of aliphatic carboxylic acids is 1. The molecule has 1 fully saturated rings. The van der Waals surface area contributed by atoms with E-state index in [0.29, 0.717) is 12.8 Å². The van der Waals surface area contributed by atoms with Crippen LogP contribution in [0.3, 0.4) is 0 Å². The quantitative estimate of drug-likeness (QED) is 0.594. The van der Waals surface area contributed by atoms with E-state index in [1.807, 2.05) is 13.8 Å². The van der Waals surface area contributed by atoms with Gasteiger partial charge in [0.2, 0.25) is 5.91 Å². The minimum atomic E-state index is -0.792. The van der Waals surface area contributed by atoms with Crippen molar-refractivity contribution in [1.29, 1.82) is 0 Å². The van der Waals surface area contributed by atoms with Crippen molar-refractivity contribution in [2.24, 2.45) is 11.8 Å². The standard InChI is InChI=1S/C15H25NO3/c1-10(2)9-11(3)14(17)16-13-8-6-4-5-7-12(13)15(18)19/h11-13H,1,4-9H2,2-3H3,(H,16,17)(H,18,19)/t11?,12-,13+/m1/s1. The van der Waals surface area contributed by atoms with E-state index < -0.39 is 11.9 Å². The zero-order valence-corrected chi connectivity index (χ0v) is 11.9. The monoisotopic (exact) mass is 267 g/mol. The van der Waals surface area contributed by atoms with Gasteiger partial charge in [-0.05, 0) is 26.2 Å². The van der Waals surface area contributed by atoms with Crippen molar-refractivity contribution in [3.8, 4) is 0 Å². The SMILES string of the molecule is C=C(C)CC(C)C(=O)N[C@H]1CCCCC[C@H]1C(=O)O. The molecule has 0 aliphatic heterocycles. The maximum Gasteiger partial charge on any atom is 0.308 e. The Balaban J connectivity index is 2.62. The van der Waals surface area contributed by atoms with Gasteiger partial charge in [0, 0.05) is 12.0 Å². The first kappa shape index (κ1) is 15.7. The van der Waals surface area contributed by atoms with Crippen LogP contribution in [0.2, 0.25) is 0 Å². The van der Waals surface area contributed by atoms with Crippen LogP contribution in [0.5, 0.6) is 0 Å². The number of carboxylic acids is 1. The topological polar surface area (TPSA) is 66.4 Å². The number of hydrogen-bond acceptors (Lipinski definition) is 2. The predicted octanol–water partition coefficient (Wildman–Crippen LogP) is 2.74. The van der Waals surface area contributed by atoms with Gasteiger partial charge < -0.3 is 10.4 Å². The van der Waals surface area contributed by atoms with Crippen LogP contribution < -0.4 is 5.32 Å². The maximum atomic E-state index is 12.1. The van der Waals surface area contributed by atoms with Crippen LogP contribution >= 0.6 is 0 Å². The highest BCUT2D eigenvalue weighted by Gasteiger charge is 2.31. The van der Waals surface area contributed by atoms with Crippen molar-refractivity contribution in [3.63, 3.8) is 0 Å². The van der Waals surface area contributed by atoms with Gasteiger partial charge in [0.15, 0.2) is 0 Å². The van der Waals surface area contributed by atoms with Crippen LogP contribution in [0.15, 0.2) is 12.2 Å². The molecule has 1 rings (SSSR count). The highest BCUT2D eigenvalue weighted by Crippen LogP contribution is 2.24. The van der Waals surface area contributed by atoms with E-state index in [0.717, 1.165) is 31.3 Å². The summed E-state index contributed by atoms with van der Waals surface area (Å²) >= 11 is 0. The van der Waals surface area contributed by atoms with Gasteiger partial charge >= 0.3 is 5.97 Å². The van der Waals surface area contributed by atoms with Crippen LogP contribution in [0, 0.1) is 11.8 Å². The molecule has 1 aliphatic carbocycles. The van der Waals surface area contributed by atoms with Crippen LogP contribution in [0.4, 0.5) is 0 Å². The molecule has 0 spiro atoms. The Morgan fingerprint density at radius 2 is 1.95 bits per heavy atom. The molecular formula is C15H25NO3. The van der Waals surface area contributed by atoms with E-state index in [2.05, 4.69) is 11.9 Å². The molecule has 0 aromatic heterocycles. The van der Waals surface area contributed by atoms with Gasteiger partial charge in [0.1, 0.15) is 0 Å². The van der Waals surface area contributed by atoms with Gasteiger partial charge in [0.25, 0.3) is 0 Å². The molecule has 1 saturated carbocycles. The molecule has 0 radical (unpaired) electrons. The van der Waals surface area contributed by atoms with Crippen LogP contribution in [0.1, 0.15) is 52.4 Å². The molecule has 0 saturated heterocycles. The molecule has 108 valence electrons. The smallest absolute Gasteiger partial charge is 0.308 e. The van der Waals surface area contributed by atoms with Gasteiger partial charge in [-0.15, -0.1) is 6.58 Å². The third kappa shape index (κ3) is 5.05. The Bertz CT molecular complexity index is 351. The number of nitrogens with one attached hydrogen (secondary N) is 1. The van der Waals surface area contributed by atoms with Gasteiger partial charge in [-0.2, -0.15) is 0 Å². The summed E-state index contributed by atoms with van der Waals surface area (Å²) in [5.41, 5.74) is 0.971. The van der Waals surface area contributed by atoms with Crippen LogP contribution in [-0.4, -0.2) is 23.0 Å². The fourth-order valence-electron chi connectivity index (χ4n) is 2.72. The normalized spacial score (nSPS) is 25.2. The molecule has 4 nitrogen and oxygen atoms in total. The summed E-state index contributed by atoms with van der Waals surface area (Å²) in [6.07, 6.45) is 5.06. The van der Waals surface area contributed by atoms with Crippen molar-refractivity contribution < 1.29 is 14.7 Å². The first-order valence-electron chi connectivity index (χ1n) is 7.09. The Labute approximate surface area is 115 Å². The molecule has 4 heteroatoms. The number of amides is 1. The summed E-state index contributed by atoms with van der Waals surface area (Å²) in [6.45, 7) is 7.56. The maximum absolute atomic E-state index is 12.1. The van der Waals surface area contributed by atoms with Crippen LogP contribution in [-0.2, 0) is 9.59 Å². The van der Waals surface area contributed by atoms with Crippen LogP contribution in [0.25, 0.3) is 0 Å². The van der Waals surface area contributed by atoms with Crippen molar-refractivity contribution in [3.05, 3.63) is 12.2 Å². The second-order valence-electron chi connectivity index (χ2n) is 5.76. The molecule has 0 bridgehead atoms. The summed E-state index contributed by atoms with van der Waals surface area (Å²) in [4.78, 5) is 23.4. The molecule has 2 N–H and O–H groups in total. The van der Waals surface area contributed by atoms with Gasteiger partial charge in [-0.3, -0.25) is 9.59 Å². The number of carbonyl (C=O) groups is 2. The van der Waals surface area contributed by atoms with Crippen molar-refractivity contribution in [2.45, 2.75) is 58.4 Å². The average molecular weight is 267 g/mol. The predicted molar refractivity (Wildman–Crippen MR) is 74.7 cm³/mol. The largest absolute Gasteiger partial charge is 0.481 e. The molecular weight excluding hydrogens is 242 g/mol. The molecule has 0 heterocycles. The summed E-state index contributed by atoms with van der Waals surface area (Å²) in [6, 6.07) is -0.222. The van der Waals surface area contributed by atoms with E-state index in [1.54, 1.807) is 0 Å². The minimum Gasteiger partial charge on any atom is -0.481 e. The summed E-state index contributed by atoms with van der Waals surface area (Å²) < 4.78 is 0. The second kappa shape index (κ2) is 7.31. The van der Waals surface area contributed by atoms with E-state index in [9.17, 15) is 14.7 Å². The minimum absolute atomic E-state index is 0.0545. The number of allylic oxidation sites excluding steroid dienone is 1. The summed E-state index contributed by atoms with van der Waals surface area (Å²) in [7, 11) is 0. The lowest BCUT2D eigenvalue weighted by atomic mass is 9.93. The fourth-order valence-corrected chi connectivity index (χ4v) is 2.72. The van der Waals surface area contributed by atoms with E-state index in [4.69, 9.17) is 0 Å². The Hall–Kier alpha value is -1.32. The third-order valence-electron chi connectivity index (χ3n) is 3.76. The lowest BCUT2D eigenvalue weighted by molar-refractivity contribution is -0.143. The van der Waals surface area contributed by atoms with Crippen molar-refractivity contribution in [2.75, 3.05) is 0 Å². The Kier molecular flexibility index (Phi) is 6.06. The number of rotatable bonds is 5.